The van der Waals surface area contributed by atoms with Crippen molar-refractivity contribution in [1.29, 1.82) is 0 Å². The minimum absolute atomic E-state index is 0.0102. The van der Waals surface area contributed by atoms with E-state index in [-0.39, 0.29) is 24.4 Å². The molecule has 10 nitrogen and oxygen atoms in total. The molecular weight excluding hydrogens is 723 g/mol. The van der Waals surface area contributed by atoms with Crippen molar-refractivity contribution in [2.24, 2.45) is 5.92 Å². The molecule has 13 heteroatoms. The van der Waals surface area contributed by atoms with Crippen LogP contribution in [0.1, 0.15) is 45.2 Å². The number of rotatable bonds is 20. The molecular formula is C43H56F3N5O5. The molecule has 3 N–H and O–H groups in total. The standard InChI is InChI=1S/C43H56F3N5O5/c1-31(2)42(52)48-21-22-53-23-24-54-25-26-55-27-28-56-41-19-18-38(35-10-5-6-11-36(35)41)47-20-8-9-34-29-37-39(49-32-14-16-33(17-15-32)50(3)4)12-7-13-40(37)51(34)30-43(44,45)46/h5-7,10-13,18-19,29,31-33,47,49H,14-17,20-28,30H2,1-4H3,(H,48,52). The van der Waals surface area contributed by atoms with Crippen molar-refractivity contribution >= 4 is 39.0 Å². The van der Waals surface area contributed by atoms with Crippen LogP contribution in [-0.4, -0.2) is 107 Å². The molecule has 1 amide bonds. The highest BCUT2D eigenvalue weighted by Crippen LogP contribution is 2.33. The molecule has 0 unspecified atom stereocenters. The molecule has 0 bridgehead atoms. The number of halogens is 3. The molecule has 4 aromatic rings. The minimum atomic E-state index is -4.40. The van der Waals surface area contributed by atoms with Crippen LogP contribution < -0.4 is 20.7 Å². The minimum Gasteiger partial charge on any atom is -0.491 e. The molecule has 0 aliphatic heterocycles. The van der Waals surface area contributed by atoms with E-state index in [0.29, 0.717) is 75.8 Å². The summed E-state index contributed by atoms with van der Waals surface area (Å²) < 4.78 is 65.4. The summed E-state index contributed by atoms with van der Waals surface area (Å²) in [6.45, 7) is 6.20. The van der Waals surface area contributed by atoms with Gasteiger partial charge >= 0.3 is 6.18 Å². The van der Waals surface area contributed by atoms with Crippen LogP contribution in [0.25, 0.3) is 21.7 Å². The SMILES string of the molecule is CC(C)C(=O)NCCOCCOCCOCCOc1ccc(NCC#Cc2cc3c(NC4CCC(N(C)C)CC4)cccc3n2CC(F)(F)F)c2ccccc12. The molecule has 0 saturated heterocycles. The maximum absolute atomic E-state index is 13.8. The Morgan fingerprint density at radius 2 is 1.52 bits per heavy atom. The Hall–Kier alpha value is -4.48. The highest BCUT2D eigenvalue weighted by molar-refractivity contribution is 5.98. The van der Waals surface area contributed by atoms with Crippen molar-refractivity contribution in [1.82, 2.24) is 14.8 Å². The van der Waals surface area contributed by atoms with Gasteiger partial charge in [-0.2, -0.15) is 13.2 Å². The van der Waals surface area contributed by atoms with Crippen molar-refractivity contribution < 1.29 is 36.9 Å². The van der Waals surface area contributed by atoms with Gasteiger partial charge in [0.2, 0.25) is 5.91 Å². The van der Waals surface area contributed by atoms with Gasteiger partial charge in [-0.05, 0) is 76.0 Å². The van der Waals surface area contributed by atoms with Crippen LogP contribution in [0.15, 0.2) is 60.7 Å². The van der Waals surface area contributed by atoms with E-state index in [2.05, 4.69) is 46.8 Å². The number of amides is 1. The summed E-state index contributed by atoms with van der Waals surface area (Å²) in [6.07, 6.45) is -0.217. The van der Waals surface area contributed by atoms with Crippen molar-refractivity contribution in [3.63, 3.8) is 0 Å². The fourth-order valence-electron chi connectivity index (χ4n) is 6.85. The van der Waals surface area contributed by atoms with E-state index in [4.69, 9.17) is 18.9 Å². The van der Waals surface area contributed by atoms with Crippen molar-refractivity contribution in [2.45, 2.75) is 64.3 Å². The van der Waals surface area contributed by atoms with E-state index >= 15 is 0 Å². The number of hydrogen-bond acceptors (Lipinski definition) is 8. The molecule has 0 atom stereocenters. The number of hydrogen-bond donors (Lipinski definition) is 3. The average molecular weight is 780 g/mol. The summed E-state index contributed by atoms with van der Waals surface area (Å²) in [6, 6.07) is 19.7. The maximum Gasteiger partial charge on any atom is 0.406 e. The summed E-state index contributed by atoms with van der Waals surface area (Å²) in [7, 11) is 4.21. The van der Waals surface area contributed by atoms with Gasteiger partial charge in [-0.25, -0.2) is 0 Å². The van der Waals surface area contributed by atoms with Crippen LogP contribution in [0.2, 0.25) is 0 Å². The van der Waals surface area contributed by atoms with Gasteiger partial charge in [-0.3, -0.25) is 4.79 Å². The lowest BCUT2D eigenvalue weighted by Gasteiger charge is -2.33. The number of carbonyl (C=O) groups is 1. The second kappa shape index (κ2) is 21.2. The summed E-state index contributed by atoms with van der Waals surface area (Å²) >= 11 is 0. The fraction of sp³-hybridized carbons (Fsp3) is 0.512. The second-order valence-corrected chi connectivity index (χ2v) is 14.5. The van der Waals surface area contributed by atoms with E-state index in [1.54, 1.807) is 12.1 Å². The average Bonchev–Trinajstić information content (AvgIpc) is 3.51. The molecule has 1 aliphatic carbocycles. The molecule has 1 aliphatic rings. The molecule has 1 fully saturated rings. The largest absolute Gasteiger partial charge is 0.491 e. The van der Waals surface area contributed by atoms with Crippen LogP contribution in [-0.2, 0) is 25.5 Å². The molecule has 5 rings (SSSR count). The van der Waals surface area contributed by atoms with E-state index in [1.165, 1.54) is 4.57 Å². The molecule has 304 valence electrons. The predicted octanol–water partition coefficient (Wildman–Crippen LogP) is 7.31. The topological polar surface area (TPSA) is 98.2 Å². The molecule has 1 heterocycles. The number of carbonyl (C=O) groups excluding carboxylic acids is 1. The lowest BCUT2D eigenvalue weighted by Crippen LogP contribution is -2.36. The van der Waals surface area contributed by atoms with Crippen LogP contribution in [0.5, 0.6) is 5.75 Å². The lowest BCUT2D eigenvalue weighted by atomic mass is 9.90. The van der Waals surface area contributed by atoms with Crippen molar-refractivity contribution in [3.8, 4) is 17.6 Å². The third-order valence-corrected chi connectivity index (χ3v) is 9.84. The number of ether oxygens (including phenoxy) is 4. The van der Waals surface area contributed by atoms with E-state index in [0.717, 1.165) is 53.2 Å². The van der Waals surface area contributed by atoms with Gasteiger partial charge in [0.05, 0.1) is 57.4 Å². The summed E-state index contributed by atoms with van der Waals surface area (Å²) in [5.74, 6) is 6.77. The van der Waals surface area contributed by atoms with Gasteiger partial charge in [0.25, 0.3) is 0 Å². The van der Waals surface area contributed by atoms with Crippen molar-refractivity contribution in [3.05, 3.63) is 66.4 Å². The molecule has 1 aromatic heterocycles. The number of nitrogens with one attached hydrogen (secondary N) is 3. The zero-order valence-corrected chi connectivity index (χ0v) is 33.0. The van der Waals surface area contributed by atoms with Gasteiger partial charge in [-0.1, -0.05) is 50.1 Å². The molecule has 3 aromatic carbocycles. The van der Waals surface area contributed by atoms with Crippen LogP contribution >= 0.6 is 0 Å². The van der Waals surface area contributed by atoms with Gasteiger partial charge < -0.3 is 44.4 Å². The van der Waals surface area contributed by atoms with Crippen LogP contribution in [0.3, 0.4) is 0 Å². The molecule has 0 spiro atoms. The summed E-state index contributed by atoms with van der Waals surface area (Å²) in [5, 5.41) is 12.4. The molecule has 0 radical (unpaired) electrons. The number of alkyl halides is 3. The Labute approximate surface area is 328 Å². The number of nitrogens with zero attached hydrogens (tertiary/aromatic N) is 2. The van der Waals surface area contributed by atoms with Gasteiger partial charge in [0.1, 0.15) is 18.9 Å². The Bertz CT molecular complexity index is 1910. The quantitative estimate of drug-likeness (QED) is 0.0636. The fourth-order valence-corrected chi connectivity index (χ4v) is 6.85. The molecule has 1 saturated carbocycles. The van der Waals surface area contributed by atoms with Gasteiger partial charge in [0.15, 0.2) is 0 Å². The number of benzene rings is 3. The van der Waals surface area contributed by atoms with Gasteiger partial charge in [0, 0.05) is 52.1 Å². The third-order valence-electron chi connectivity index (χ3n) is 9.84. The first-order valence-electron chi connectivity index (χ1n) is 19.5. The third kappa shape index (κ3) is 12.8. The smallest absolute Gasteiger partial charge is 0.406 e. The normalized spacial score (nSPS) is 15.9. The zero-order valence-electron chi connectivity index (χ0n) is 33.0. The molecule has 56 heavy (non-hydrogen) atoms. The lowest BCUT2D eigenvalue weighted by molar-refractivity contribution is -0.140. The summed E-state index contributed by atoms with van der Waals surface area (Å²) in [5.41, 5.74) is 2.51. The summed E-state index contributed by atoms with van der Waals surface area (Å²) in [4.78, 5) is 13.8. The van der Waals surface area contributed by atoms with E-state index in [9.17, 15) is 18.0 Å². The first-order valence-corrected chi connectivity index (χ1v) is 19.5. The zero-order chi connectivity index (χ0) is 39.9. The Morgan fingerprint density at radius 3 is 2.20 bits per heavy atom. The van der Waals surface area contributed by atoms with Crippen LogP contribution in [0, 0.1) is 17.8 Å². The Kier molecular flexibility index (Phi) is 16.1. The van der Waals surface area contributed by atoms with Crippen molar-refractivity contribution in [2.75, 3.05) is 84.1 Å². The number of anilines is 2. The maximum atomic E-state index is 13.8. The Morgan fingerprint density at radius 1 is 0.839 bits per heavy atom. The Balaban J connectivity index is 1.11. The second-order valence-electron chi connectivity index (χ2n) is 14.5. The number of aromatic nitrogens is 1. The highest BCUT2D eigenvalue weighted by atomic mass is 19.4. The predicted molar refractivity (Wildman–Crippen MR) is 216 cm³/mol. The monoisotopic (exact) mass is 779 g/mol. The first-order chi connectivity index (χ1) is 27.0. The number of fused-ring (bicyclic) bond motifs is 2. The van der Waals surface area contributed by atoms with E-state index < -0.39 is 12.7 Å². The van der Waals surface area contributed by atoms with Gasteiger partial charge in [-0.15, -0.1) is 0 Å². The van der Waals surface area contributed by atoms with Crippen LogP contribution in [0.4, 0.5) is 24.5 Å². The first kappa shape index (κ1) is 42.7. The highest BCUT2D eigenvalue weighted by Gasteiger charge is 2.30. The van der Waals surface area contributed by atoms with E-state index in [1.807, 2.05) is 62.4 Å².